The average molecular weight is 395 g/mol. The van der Waals surface area contributed by atoms with Crippen LogP contribution in [0.3, 0.4) is 0 Å². The molecule has 10 heteroatoms. The van der Waals surface area contributed by atoms with Gasteiger partial charge < -0.3 is 19.8 Å². The minimum atomic E-state index is -4.83. The van der Waals surface area contributed by atoms with E-state index in [1.807, 2.05) is 6.20 Å². The second-order valence-corrected chi connectivity index (χ2v) is 7.90. The van der Waals surface area contributed by atoms with Crippen molar-refractivity contribution in [2.75, 3.05) is 32.0 Å². The van der Waals surface area contributed by atoms with E-state index in [1.54, 1.807) is 6.33 Å². The molecule has 3 heterocycles. The predicted molar refractivity (Wildman–Crippen MR) is 93.5 cm³/mol. The van der Waals surface area contributed by atoms with Gasteiger partial charge in [-0.25, -0.2) is 9.97 Å². The van der Waals surface area contributed by atoms with Crippen molar-refractivity contribution in [3.05, 3.63) is 24.8 Å². The Bertz CT molecular complexity index is 887. The molecule has 4 aliphatic rings. The third kappa shape index (κ3) is 2.74. The molecule has 2 N–H and O–H groups in total. The summed E-state index contributed by atoms with van der Waals surface area (Å²) in [6.07, 6.45) is 3.40. The van der Waals surface area contributed by atoms with Crippen LogP contribution < -0.4 is 10.5 Å². The number of nitrogen functional groups attached to an aromatic ring is 1. The smallest absolute Gasteiger partial charge is 0.402 e. The molecule has 1 saturated heterocycles. The standard InChI is InChI=1S/C18H20F3N5O2/c19-18(20,21)28-14-5-12(6-23-15(14)22)13-7-26(11-24-13)17-8-16(9-17,10-17)25-1-3-27-4-2-25/h5-7,11H,1-4,8-10H2,(H2,22,23). The zero-order chi connectivity index (χ0) is 19.6. The van der Waals surface area contributed by atoms with E-state index in [-0.39, 0.29) is 16.9 Å². The number of morpholine rings is 1. The van der Waals surface area contributed by atoms with Gasteiger partial charge in [-0.05, 0) is 25.3 Å². The lowest BCUT2D eigenvalue weighted by atomic mass is 9.43. The molecule has 1 aliphatic heterocycles. The van der Waals surface area contributed by atoms with Crippen molar-refractivity contribution < 1.29 is 22.6 Å². The molecule has 2 bridgehead atoms. The van der Waals surface area contributed by atoms with Crippen molar-refractivity contribution >= 4 is 5.82 Å². The van der Waals surface area contributed by atoms with Crippen molar-refractivity contribution in [3.63, 3.8) is 0 Å². The fraction of sp³-hybridized carbons (Fsp3) is 0.556. The highest BCUT2D eigenvalue weighted by molar-refractivity contribution is 5.63. The van der Waals surface area contributed by atoms with Gasteiger partial charge in [-0.15, -0.1) is 13.2 Å². The van der Waals surface area contributed by atoms with Crippen LogP contribution in [0.4, 0.5) is 19.0 Å². The molecule has 0 unspecified atom stereocenters. The third-order valence-corrected chi connectivity index (χ3v) is 6.19. The predicted octanol–water partition coefficient (Wildman–Crippen LogP) is 2.39. The first-order valence-corrected chi connectivity index (χ1v) is 9.18. The number of nitrogens with two attached hydrogens (primary N) is 1. The fourth-order valence-electron chi connectivity index (χ4n) is 4.86. The second-order valence-electron chi connectivity index (χ2n) is 7.90. The van der Waals surface area contributed by atoms with Gasteiger partial charge in [0.1, 0.15) is 0 Å². The summed E-state index contributed by atoms with van der Waals surface area (Å²) in [4.78, 5) is 10.7. The number of imidazole rings is 1. The number of halogens is 3. The van der Waals surface area contributed by atoms with Gasteiger partial charge in [0.2, 0.25) is 0 Å². The summed E-state index contributed by atoms with van der Waals surface area (Å²) in [5, 5.41) is 0. The van der Waals surface area contributed by atoms with Crippen LogP contribution in [-0.4, -0.2) is 57.6 Å². The number of anilines is 1. The van der Waals surface area contributed by atoms with Crippen LogP contribution in [-0.2, 0) is 10.3 Å². The number of alkyl halides is 3. The maximum atomic E-state index is 12.5. The van der Waals surface area contributed by atoms with Gasteiger partial charge in [0.05, 0.1) is 30.8 Å². The number of rotatable bonds is 4. The molecule has 6 rings (SSSR count). The first-order valence-electron chi connectivity index (χ1n) is 9.18. The Morgan fingerprint density at radius 2 is 1.82 bits per heavy atom. The topological polar surface area (TPSA) is 78.4 Å². The Hall–Kier alpha value is -2.33. The van der Waals surface area contributed by atoms with E-state index in [4.69, 9.17) is 10.5 Å². The number of aromatic nitrogens is 3. The largest absolute Gasteiger partial charge is 0.573 e. The lowest BCUT2D eigenvalue weighted by molar-refractivity contribution is -0.274. The van der Waals surface area contributed by atoms with E-state index in [0.717, 1.165) is 45.6 Å². The minimum absolute atomic E-state index is 0.0656. The van der Waals surface area contributed by atoms with Crippen LogP contribution in [0.1, 0.15) is 19.3 Å². The normalized spacial score (nSPS) is 29.8. The molecular formula is C18H20F3N5O2. The van der Waals surface area contributed by atoms with Crippen LogP contribution in [0.5, 0.6) is 5.75 Å². The summed E-state index contributed by atoms with van der Waals surface area (Å²) in [6.45, 7) is 3.53. The molecule has 0 aromatic carbocycles. The van der Waals surface area contributed by atoms with E-state index < -0.39 is 12.1 Å². The van der Waals surface area contributed by atoms with E-state index in [1.165, 1.54) is 12.3 Å². The van der Waals surface area contributed by atoms with Crippen LogP contribution in [0.25, 0.3) is 11.3 Å². The molecule has 3 saturated carbocycles. The first-order chi connectivity index (χ1) is 13.3. The van der Waals surface area contributed by atoms with Gasteiger partial charge in [-0.1, -0.05) is 0 Å². The first kappa shape index (κ1) is 17.7. The van der Waals surface area contributed by atoms with E-state index in [0.29, 0.717) is 11.3 Å². The van der Waals surface area contributed by atoms with Crippen LogP contribution >= 0.6 is 0 Å². The van der Waals surface area contributed by atoms with Crippen molar-refractivity contribution in [3.8, 4) is 17.0 Å². The molecule has 2 aromatic heterocycles. The van der Waals surface area contributed by atoms with Gasteiger partial charge in [-0.2, -0.15) is 0 Å². The summed E-state index contributed by atoms with van der Waals surface area (Å²) in [5.74, 6) is -0.830. The molecule has 7 nitrogen and oxygen atoms in total. The molecule has 2 aromatic rings. The van der Waals surface area contributed by atoms with Crippen molar-refractivity contribution in [1.29, 1.82) is 0 Å². The third-order valence-electron chi connectivity index (χ3n) is 6.19. The SMILES string of the molecule is Nc1ncc(-c2cn(C34CC(N5CCOCC5)(C3)C4)cn2)cc1OC(F)(F)F. The van der Waals surface area contributed by atoms with E-state index in [2.05, 4.69) is 24.2 Å². The van der Waals surface area contributed by atoms with Gasteiger partial charge in [0.15, 0.2) is 11.6 Å². The molecular weight excluding hydrogens is 375 g/mol. The second kappa shape index (κ2) is 5.84. The van der Waals surface area contributed by atoms with Crippen LogP contribution in [0.2, 0.25) is 0 Å². The summed E-state index contributed by atoms with van der Waals surface area (Å²) in [5.41, 5.74) is 6.82. The Morgan fingerprint density at radius 3 is 2.50 bits per heavy atom. The van der Waals surface area contributed by atoms with Crippen molar-refractivity contribution in [2.24, 2.45) is 0 Å². The van der Waals surface area contributed by atoms with Gasteiger partial charge in [0.25, 0.3) is 0 Å². The van der Waals surface area contributed by atoms with Crippen molar-refractivity contribution in [2.45, 2.75) is 36.7 Å². The lowest BCUT2D eigenvalue weighted by Gasteiger charge is -2.74. The zero-order valence-corrected chi connectivity index (χ0v) is 15.1. The highest BCUT2D eigenvalue weighted by atomic mass is 19.4. The monoisotopic (exact) mass is 395 g/mol. The average Bonchev–Trinajstić information content (AvgIpc) is 3.04. The number of hydrogen-bond acceptors (Lipinski definition) is 6. The molecule has 0 amide bonds. The molecule has 28 heavy (non-hydrogen) atoms. The number of nitrogens with zero attached hydrogens (tertiary/aromatic N) is 4. The van der Waals surface area contributed by atoms with Crippen LogP contribution in [0, 0.1) is 0 Å². The quantitative estimate of drug-likeness (QED) is 0.857. The molecule has 0 spiro atoms. The maximum Gasteiger partial charge on any atom is 0.573 e. The molecule has 3 aliphatic carbocycles. The lowest BCUT2D eigenvalue weighted by Crippen LogP contribution is -2.79. The van der Waals surface area contributed by atoms with E-state index in [9.17, 15) is 13.2 Å². The number of hydrogen-bond donors (Lipinski definition) is 1. The summed E-state index contributed by atoms with van der Waals surface area (Å²) < 4.78 is 49.1. The summed E-state index contributed by atoms with van der Waals surface area (Å²) >= 11 is 0. The van der Waals surface area contributed by atoms with Gasteiger partial charge in [-0.3, -0.25) is 4.90 Å². The highest BCUT2D eigenvalue weighted by Crippen LogP contribution is 2.68. The Labute approximate surface area is 159 Å². The molecule has 150 valence electrons. The minimum Gasteiger partial charge on any atom is -0.402 e. The van der Waals surface area contributed by atoms with Crippen molar-refractivity contribution in [1.82, 2.24) is 19.4 Å². The van der Waals surface area contributed by atoms with Crippen LogP contribution in [0.15, 0.2) is 24.8 Å². The molecule has 4 fully saturated rings. The number of pyridine rings is 1. The highest BCUT2D eigenvalue weighted by Gasteiger charge is 2.71. The Balaban J connectivity index is 1.32. The van der Waals surface area contributed by atoms with E-state index >= 15 is 0 Å². The Morgan fingerprint density at radius 1 is 1.11 bits per heavy atom. The molecule has 0 atom stereocenters. The Kier molecular flexibility index (Phi) is 3.70. The van der Waals surface area contributed by atoms with Gasteiger partial charge >= 0.3 is 6.36 Å². The molecule has 0 radical (unpaired) electrons. The summed E-state index contributed by atoms with van der Waals surface area (Å²) in [7, 11) is 0. The van der Waals surface area contributed by atoms with Gasteiger partial charge in [0, 0.05) is 36.6 Å². The number of ether oxygens (including phenoxy) is 2. The fourth-order valence-corrected chi connectivity index (χ4v) is 4.86. The zero-order valence-electron chi connectivity index (χ0n) is 15.1. The maximum absolute atomic E-state index is 12.5. The summed E-state index contributed by atoms with van der Waals surface area (Å²) in [6, 6.07) is 1.22.